The molecule has 12 rings (SSSR count). The van der Waals surface area contributed by atoms with Crippen LogP contribution in [0.4, 0.5) is 0 Å². The van der Waals surface area contributed by atoms with Crippen molar-refractivity contribution in [1.82, 2.24) is 0 Å². The van der Waals surface area contributed by atoms with E-state index in [1.54, 1.807) is 48.5 Å². The summed E-state index contributed by atoms with van der Waals surface area (Å²) in [5, 5.41) is 81.6. The van der Waals surface area contributed by atoms with Crippen molar-refractivity contribution in [2.24, 2.45) is 0 Å². The smallest absolute Gasteiger partial charge is 0.537 e. The molecule has 0 aliphatic heterocycles. The third kappa shape index (κ3) is 16.8. The van der Waals surface area contributed by atoms with Crippen LogP contribution in [0.5, 0.6) is 5.75 Å². The molecule has 0 saturated carbocycles. The maximum Gasteiger partial charge on any atom is 0.569 e. The zero-order valence-electron chi connectivity index (χ0n) is 52.6. The molecule has 0 fully saturated rings. The number of halogens is 4. The lowest BCUT2D eigenvalue weighted by molar-refractivity contribution is 0.424. The largest absolute Gasteiger partial charge is 0.569 e. The third-order valence-corrected chi connectivity index (χ3v) is 34.0. The van der Waals surface area contributed by atoms with Crippen LogP contribution in [0.3, 0.4) is 0 Å². The van der Waals surface area contributed by atoms with Gasteiger partial charge in [-0.25, -0.2) is 0 Å². The molecule has 487 valence electrons. The van der Waals surface area contributed by atoms with Gasteiger partial charge < -0.3 is 39.8 Å². The van der Waals surface area contributed by atoms with Gasteiger partial charge in [-0.1, -0.05) is 331 Å². The molecule has 1 radical (unpaired) electrons. The summed E-state index contributed by atoms with van der Waals surface area (Å²) in [7, 11) is -12.3. The molecule has 7 N–H and O–H groups in total. The van der Waals surface area contributed by atoms with Crippen LogP contribution in [0.2, 0.25) is 0 Å². The summed E-state index contributed by atoms with van der Waals surface area (Å²) in [4.78, 5) is 0. The molecule has 0 heterocycles. The van der Waals surface area contributed by atoms with Gasteiger partial charge in [0.05, 0.1) is 5.75 Å². The van der Waals surface area contributed by atoms with Gasteiger partial charge in [-0.3, -0.25) is 0 Å². The van der Waals surface area contributed by atoms with Gasteiger partial charge in [0.15, 0.2) is 24.2 Å². The Morgan fingerprint density at radius 3 is 0.546 bits per heavy atom. The Morgan fingerprint density at radius 1 is 0.247 bits per heavy atom. The van der Waals surface area contributed by atoms with E-state index in [0.29, 0.717) is 29.8 Å². The second-order valence-electron chi connectivity index (χ2n) is 23.5. The van der Waals surface area contributed by atoms with E-state index in [1.165, 1.54) is 63.7 Å². The topological polar surface area (TPSA) is 151 Å². The second-order valence-corrected chi connectivity index (χ2v) is 38.6. The maximum absolute atomic E-state index is 9.65. The van der Waals surface area contributed by atoms with Gasteiger partial charge in [-0.05, 0) is 167 Å². The summed E-state index contributed by atoms with van der Waals surface area (Å²) in [6, 6.07) is 100. The van der Waals surface area contributed by atoms with Gasteiger partial charge in [0, 0.05) is 17.9 Å². The Morgan fingerprint density at radius 2 is 0.392 bits per heavy atom. The van der Waals surface area contributed by atoms with Crippen LogP contribution >= 0.6 is 63.7 Å². The van der Waals surface area contributed by atoms with Gasteiger partial charge in [0.1, 0.15) is 0 Å². The van der Waals surface area contributed by atoms with E-state index in [0.717, 1.165) is 38.6 Å². The first kappa shape index (κ1) is 75.8. The average molecular weight is 1590 g/mol. The molecule has 8 nitrogen and oxygen atoms in total. The Kier molecular flexibility index (Phi) is 26.7. The minimum absolute atomic E-state index is 0. The number of rotatable bonds is 17. The fraction of sp³-hybridized carbons (Fsp3) is 0.0769. The standard InChI is InChI=1S/C28H28Si.C24H23B4O8Si.C24H16Br4Si.2CH4/c1-21-5-13-25(14-6-21)29(26-15-7-22(2)8-16-26,27-17-9-23(3)10-18-27)28-19-11-24(4)12-20-28;29-25-36-20-7-15-24(16-8-20)37(21-9-1-17(2-10-21)26(30)31,22-11-3-18(4-12-22)27(32)33)23-13-5-19(6-14-23)28(34)35;25-17-1-9-21(10-2-17)29(22-11-3-18(26)4-12-22,23-13-5-19(27)6-14-23)24-15-7-20(28)8-16-24;;/h5-20H,1-4H3;1-16,29-35H;1-16H;2*1H4. The molecule has 0 unspecified atom stereocenters. The summed E-state index contributed by atoms with van der Waals surface area (Å²) in [5.74, 6) is 0.422. The summed E-state index contributed by atoms with van der Waals surface area (Å²) >= 11 is 14.4. The van der Waals surface area contributed by atoms with Crippen LogP contribution in [-0.2, 0) is 0 Å². The molecule has 12 aromatic rings. The van der Waals surface area contributed by atoms with E-state index in [2.05, 4.69) is 286 Å². The number of benzene rings is 12. The normalized spacial score (nSPS) is 11.1. The minimum Gasteiger partial charge on any atom is -0.537 e. The first-order chi connectivity index (χ1) is 45.8. The van der Waals surface area contributed by atoms with E-state index in [9.17, 15) is 30.1 Å². The van der Waals surface area contributed by atoms with Crippen LogP contribution in [0, 0.1) is 27.7 Å². The quantitative estimate of drug-likeness (QED) is 0.0394. The molecule has 0 spiro atoms. The first-order valence-corrected chi connectivity index (χ1v) is 39.9. The zero-order chi connectivity index (χ0) is 67.4. The molecule has 0 atom stereocenters. The van der Waals surface area contributed by atoms with Crippen molar-refractivity contribution in [2.45, 2.75) is 42.5 Å². The van der Waals surface area contributed by atoms with Crippen molar-refractivity contribution < 1.29 is 39.8 Å². The Balaban J connectivity index is 0.000000186. The monoisotopic (exact) mass is 1580 g/mol. The van der Waals surface area contributed by atoms with E-state index in [1.807, 2.05) is 48.5 Å². The fourth-order valence-corrected chi connectivity index (χ4v) is 27.6. The highest BCUT2D eigenvalue weighted by atomic mass is 79.9. The predicted molar refractivity (Wildman–Crippen MR) is 431 cm³/mol. The maximum atomic E-state index is 9.65. The van der Waals surface area contributed by atoms with Crippen LogP contribution in [0.1, 0.15) is 37.1 Å². The lowest BCUT2D eigenvalue weighted by Gasteiger charge is -2.35. The van der Waals surface area contributed by atoms with Crippen LogP contribution in [0.25, 0.3) is 0 Å². The molecule has 0 bridgehead atoms. The minimum atomic E-state index is -3.14. The Labute approximate surface area is 609 Å². The average Bonchev–Trinajstić information content (AvgIpc) is 0.750. The van der Waals surface area contributed by atoms with E-state index in [4.69, 9.17) is 9.68 Å². The van der Waals surface area contributed by atoms with Gasteiger partial charge in [0.2, 0.25) is 0 Å². The predicted octanol–water partition coefficient (Wildman–Crippen LogP) is 6.69. The molecule has 0 aliphatic carbocycles. The highest BCUT2D eigenvalue weighted by molar-refractivity contribution is 9.11. The number of hydrogen-bond donors (Lipinski definition) is 7. The molecule has 19 heteroatoms. The third-order valence-electron chi connectivity index (χ3n) is 17.4. The van der Waals surface area contributed by atoms with Crippen LogP contribution in [-0.4, -0.2) is 88.4 Å². The van der Waals surface area contributed by atoms with Gasteiger partial charge >= 0.3 is 29.0 Å². The molecule has 0 aliphatic rings. The molecule has 0 amide bonds. The van der Waals surface area contributed by atoms with Crippen molar-refractivity contribution in [3.63, 3.8) is 0 Å². The molecule has 0 saturated heterocycles. The SMILES string of the molecule is Brc1ccc([Si](c2ccc(Br)cc2)(c2ccc(Br)cc2)c2ccc(Br)cc2)cc1.C.C.Cc1ccc([Si](c2ccc(C)cc2)(c2ccc(C)cc2)c2ccc(C)cc2)cc1.O[B]Oc1ccc([Si](c2ccc(B(O)O)cc2)(c2ccc(B(O)O)cc2)c2ccc(B(O)O)cc2)cc1. The van der Waals surface area contributed by atoms with E-state index >= 15 is 0 Å². The number of hydrogen-bond acceptors (Lipinski definition) is 8. The van der Waals surface area contributed by atoms with Crippen molar-refractivity contribution in [3.8, 4) is 5.75 Å². The van der Waals surface area contributed by atoms with Crippen molar-refractivity contribution in [3.05, 3.63) is 331 Å². The molecular weight excluding hydrogens is 1510 g/mol. The highest BCUT2D eigenvalue weighted by Crippen LogP contribution is 2.20. The fourth-order valence-electron chi connectivity index (χ4n) is 12.6. The molecular formula is C78H75B4Br4O8Si3. The summed E-state index contributed by atoms with van der Waals surface area (Å²) in [5.41, 5.74) is 6.17. The zero-order valence-corrected chi connectivity index (χ0v) is 61.9. The molecule has 0 aromatic heterocycles. The summed E-state index contributed by atoms with van der Waals surface area (Å²) < 4.78 is 9.45. The van der Waals surface area contributed by atoms with E-state index in [-0.39, 0.29) is 14.9 Å². The van der Waals surface area contributed by atoms with Gasteiger partial charge in [0.25, 0.3) is 0 Å². The number of aryl methyl sites for hydroxylation is 4. The molecule has 12 aromatic carbocycles. The highest BCUT2D eigenvalue weighted by Gasteiger charge is 2.44. The van der Waals surface area contributed by atoms with Crippen LogP contribution in [0.15, 0.2) is 309 Å². The van der Waals surface area contributed by atoms with Gasteiger partial charge in [-0.15, -0.1) is 0 Å². The lowest BCUT2D eigenvalue weighted by Crippen LogP contribution is -2.75. The second kappa shape index (κ2) is 34.2. The van der Waals surface area contributed by atoms with Crippen molar-refractivity contribution in [2.75, 3.05) is 0 Å². The first-order valence-electron chi connectivity index (χ1n) is 30.7. The Hall–Kier alpha value is -7.01. The van der Waals surface area contributed by atoms with Gasteiger partial charge in [-0.2, -0.15) is 0 Å². The summed E-state index contributed by atoms with van der Waals surface area (Å²) in [6.07, 6.45) is 0. The van der Waals surface area contributed by atoms with Crippen molar-refractivity contribution in [1.29, 1.82) is 0 Å². The molecule has 97 heavy (non-hydrogen) atoms. The van der Waals surface area contributed by atoms with Crippen molar-refractivity contribution >= 4 is 196 Å². The summed E-state index contributed by atoms with van der Waals surface area (Å²) in [6.45, 7) is 8.65. The lowest BCUT2D eigenvalue weighted by atomic mass is 9.80. The van der Waals surface area contributed by atoms with Crippen LogP contribution < -0.4 is 83.3 Å². The van der Waals surface area contributed by atoms with E-state index < -0.39 is 45.6 Å². The Bertz CT molecular complexity index is 3750.